The lowest BCUT2D eigenvalue weighted by Crippen LogP contribution is -2.57. The Kier molecular flexibility index (Phi) is 7.97. The third-order valence-electron chi connectivity index (χ3n) is 2.07. The summed E-state index contributed by atoms with van der Waals surface area (Å²) < 4.78 is 184. The minimum atomic E-state index is -7.10. The summed E-state index contributed by atoms with van der Waals surface area (Å²) >= 11 is 0. The van der Waals surface area contributed by atoms with Gasteiger partial charge in [-0.2, -0.15) is 43.9 Å². The van der Waals surface area contributed by atoms with Crippen LogP contribution < -0.4 is 0 Å². The fourth-order valence-electron chi connectivity index (χ4n) is 1.10. The van der Waals surface area contributed by atoms with Crippen molar-refractivity contribution in [1.82, 2.24) is 0 Å². The maximum absolute atomic E-state index is 13.0. The molecule has 0 aliphatic rings. The Morgan fingerprint density at radius 1 is 0.607 bits per heavy atom. The molecule has 0 aromatic carbocycles. The van der Waals surface area contributed by atoms with Crippen LogP contribution in [0.1, 0.15) is 6.92 Å². The summed E-state index contributed by atoms with van der Waals surface area (Å²) in [5.41, 5.74) is 0. The standard InChI is InChI=1S/C10H8F14O4/c1-4(11)2-25-3-5(12,13)26-6(14,15)7(16,17)27-8(18,19)9(20,21)28-10(22,23)24/h4H,2-3H2,1H3/t4-/m0/s1. The topological polar surface area (TPSA) is 36.9 Å². The van der Waals surface area contributed by atoms with E-state index in [9.17, 15) is 61.5 Å². The Morgan fingerprint density at radius 2 is 0.964 bits per heavy atom. The second-order valence-corrected chi connectivity index (χ2v) is 4.75. The van der Waals surface area contributed by atoms with Gasteiger partial charge in [0.2, 0.25) is 0 Å². The van der Waals surface area contributed by atoms with E-state index >= 15 is 0 Å². The van der Waals surface area contributed by atoms with Gasteiger partial charge in [-0.15, -0.1) is 13.2 Å². The maximum atomic E-state index is 13.0. The van der Waals surface area contributed by atoms with E-state index in [1.807, 2.05) is 0 Å². The van der Waals surface area contributed by atoms with Crippen LogP contribution in [0.2, 0.25) is 0 Å². The van der Waals surface area contributed by atoms with Crippen LogP contribution in [-0.2, 0) is 18.9 Å². The highest BCUT2D eigenvalue weighted by molar-refractivity contribution is 4.76. The molecule has 0 bridgehead atoms. The maximum Gasteiger partial charge on any atom is 0.527 e. The SMILES string of the molecule is C[C@H](F)COCC(F)(F)OC(F)(F)C(F)(F)OC(F)(F)C(F)(F)OC(F)(F)F. The van der Waals surface area contributed by atoms with E-state index < -0.39 is 56.3 Å². The van der Waals surface area contributed by atoms with Crippen LogP contribution in [0.4, 0.5) is 61.5 Å². The molecule has 0 N–H and O–H groups in total. The molecule has 0 amide bonds. The van der Waals surface area contributed by atoms with E-state index in [4.69, 9.17) is 0 Å². The smallest absolute Gasteiger partial charge is 0.369 e. The minimum absolute atomic E-state index is 0.737. The summed E-state index contributed by atoms with van der Waals surface area (Å²) in [4.78, 5) is 0. The number of ether oxygens (including phenoxy) is 4. The Morgan fingerprint density at radius 3 is 1.32 bits per heavy atom. The molecule has 18 heteroatoms. The Bertz CT molecular complexity index is 503. The van der Waals surface area contributed by atoms with Crippen molar-refractivity contribution in [2.75, 3.05) is 13.2 Å². The van der Waals surface area contributed by atoms with Crippen LogP contribution in [0.3, 0.4) is 0 Å². The molecule has 0 aliphatic heterocycles. The van der Waals surface area contributed by atoms with Gasteiger partial charge in [0, 0.05) is 0 Å². The molecule has 1 atom stereocenters. The Labute approximate surface area is 145 Å². The highest BCUT2D eigenvalue weighted by Crippen LogP contribution is 2.48. The fraction of sp³-hybridized carbons (Fsp3) is 1.00. The van der Waals surface area contributed by atoms with Crippen molar-refractivity contribution in [2.24, 2.45) is 0 Å². The number of hydrogen-bond donors (Lipinski definition) is 0. The van der Waals surface area contributed by atoms with Gasteiger partial charge in [0.15, 0.2) is 0 Å². The minimum Gasteiger partial charge on any atom is -0.369 e. The first-order valence-electron chi connectivity index (χ1n) is 6.32. The van der Waals surface area contributed by atoms with Crippen molar-refractivity contribution in [1.29, 1.82) is 0 Å². The fourth-order valence-corrected chi connectivity index (χ4v) is 1.10. The van der Waals surface area contributed by atoms with Crippen molar-refractivity contribution < 1.29 is 80.4 Å². The van der Waals surface area contributed by atoms with Crippen molar-refractivity contribution in [2.45, 2.75) is 50.0 Å². The molecule has 28 heavy (non-hydrogen) atoms. The zero-order chi connectivity index (χ0) is 22.8. The molecule has 0 radical (unpaired) electrons. The first kappa shape index (κ1) is 26.9. The molecule has 170 valence electrons. The van der Waals surface area contributed by atoms with Gasteiger partial charge >= 0.3 is 36.9 Å². The average molecular weight is 458 g/mol. The van der Waals surface area contributed by atoms with Gasteiger partial charge in [-0.1, -0.05) is 0 Å². The Hall–Kier alpha value is -1.14. The first-order chi connectivity index (χ1) is 12.0. The molecule has 0 saturated heterocycles. The van der Waals surface area contributed by atoms with Crippen LogP contribution in [-0.4, -0.2) is 56.3 Å². The lowest BCUT2D eigenvalue weighted by molar-refractivity contribution is -0.564. The predicted molar refractivity (Wildman–Crippen MR) is 55.4 cm³/mol. The quantitative estimate of drug-likeness (QED) is 0.413. The number of hydrogen-bond acceptors (Lipinski definition) is 4. The monoisotopic (exact) mass is 458 g/mol. The zero-order valence-electron chi connectivity index (χ0n) is 12.9. The molecule has 0 aromatic heterocycles. The van der Waals surface area contributed by atoms with Crippen molar-refractivity contribution in [3.63, 3.8) is 0 Å². The van der Waals surface area contributed by atoms with Crippen LogP contribution in [0.15, 0.2) is 0 Å². The third-order valence-corrected chi connectivity index (χ3v) is 2.07. The second-order valence-electron chi connectivity index (χ2n) is 4.75. The molecular formula is C10H8F14O4. The predicted octanol–water partition coefficient (Wildman–Crippen LogP) is 4.89. The van der Waals surface area contributed by atoms with Crippen molar-refractivity contribution in [3.8, 4) is 0 Å². The summed E-state index contributed by atoms with van der Waals surface area (Å²) in [5.74, 6) is 0. The van der Waals surface area contributed by atoms with E-state index in [2.05, 4.69) is 9.47 Å². The summed E-state index contributed by atoms with van der Waals surface area (Å²) in [6, 6.07) is 0. The van der Waals surface area contributed by atoms with Gasteiger partial charge in [-0.3, -0.25) is 0 Å². The van der Waals surface area contributed by atoms with E-state index in [1.165, 1.54) is 4.74 Å². The zero-order valence-corrected chi connectivity index (χ0v) is 12.9. The van der Waals surface area contributed by atoms with Crippen LogP contribution in [0, 0.1) is 0 Å². The number of alkyl halides is 14. The molecule has 0 unspecified atom stereocenters. The highest BCUT2D eigenvalue weighted by atomic mass is 19.4. The van der Waals surface area contributed by atoms with Gasteiger partial charge < -0.3 is 4.74 Å². The van der Waals surface area contributed by atoms with Crippen LogP contribution >= 0.6 is 0 Å². The molecule has 0 saturated carbocycles. The highest BCUT2D eigenvalue weighted by Gasteiger charge is 2.74. The van der Waals surface area contributed by atoms with Crippen LogP contribution in [0.5, 0.6) is 0 Å². The van der Waals surface area contributed by atoms with Gasteiger partial charge in [0.1, 0.15) is 12.8 Å². The third kappa shape index (κ3) is 8.08. The van der Waals surface area contributed by atoms with E-state index in [-0.39, 0.29) is 0 Å². The lowest BCUT2D eigenvalue weighted by atomic mass is 10.5. The molecule has 0 aromatic rings. The summed E-state index contributed by atoms with van der Waals surface area (Å²) in [6.45, 7) is -2.76. The largest absolute Gasteiger partial charge is 0.527 e. The summed E-state index contributed by atoms with van der Waals surface area (Å²) in [6.07, 6.45) is -41.9. The van der Waals surface area contributed by atoms with Gasteiger partial charge in [0.05, 0.1) is 6.61 Å². The number of rotatable bonds is 11. The summed E-state index contributed by atoms with van der Waals surface area (Å²) in [5, 5.41) is 0. The Balaban J connectivity index is 5.33. The van der Waals surface area contributed by atoms with E-state index in [0.717, 1.165) is 6.92 Å². The lowest BCUT2D eigenvalue weighted by Gasteiger charge is -2.33. The molecule has 0 heterocycles. The molecular weight excluding hydrogens is 450 g/mol. The first-order valence-corrected chi connectivity index (χ1v) is 6.32. The van der Waals surface area contributed by atoms with E-state index in [1.54, 1.807) is 4.74 Å². The van der Waals surface area contributed by atoms with Crippen molar-refractivity contribution >= 4 is 0 Å². The summed E-state index contributed by atoms with van der Waals surface area (Å²) in [7, 11) is 0. The molecule has 0 spiro atoms. The van der Waals surface area contributed by atoms with Crippen LogP contribution in [0.25, 0.3) is 0 Å². The van der Waals surface area contributed by atoms with Gasteiger partial charge in [-0.25, -0.2) is 18.6 Å². The van der Waals surface area contributed by atoms with Gasteiger partial charge in [-0.05, 0) is 6.92 Å². The average Bonchev–Trinajstić information content (AvgIpc) is 2.31. The molecule has 4 nitrogen and oxygen atoms in total. The van der Waals surface area contributed by atoms with Crippen molar-refractivity contribution in [3.05, 3.63) is 0 Å². The number of halogens is 14. The normalized spacial score (nSPS) is 16.4. The molecule has 0 fully saturated rings. The van der Waals surface area contributed by atoms with Gasteiger partial charge in [0.25, 0.3) is 0 Å². The van der Waals surface area contributed by atoms with E-state index in [0.29, 0.717) is 0 Å². The molecule has 0 rings (SSSR count). The second kappa shape index (κ2) is 8.31. The molecule has 0 aliphatic carbocycles.